The zero-order valence-electron chi connectivity index (χ0n) is 24.9. The Labute approximate surface area is 256 Å². The number of hydrogen-bond acceptors (Lipinski definition) is 7. The lowest BCUT2D eigenvalue weighted by Crippen LogP contribution is -2.58. The van der Waals surface area contributed by atoms with E-state index in [2.05, 4.69) is 10.6 Å². The number of aliphatic hydroxyl groups excluding tert-OH is 1. The average molecular weight is 606 g/mol. The molecule has 9 nitrogen and oxygen atoms in total. The van der Waals surface area contributed by atoms with Crippen molar-refractivity contribution in [3.63, 3.8) is 0 Å². The van der Waals surface area contributed by atoms with Crippen LogP contribution >= 0.6 is 11.8 Å². The smallest absolute Gasteiger partial charge is 0.254 e. The number of ether oxygens (including phenoxy) is 1. The van der Waals surface area contributed by atoms with Gasteiger partial charge in [0.05, 0.1) is 18.5 Å². The highest BCUT2D eigenvalue weighted by molar-refractivity contribution is 8.00. The second kappa shape index (κ2) is 14.0. The molecule has 3 atom stereocenters. The third-order valence-electron chi connectivity index (χ3n) is 7.55. The summed E-state index contributed by atoms with van der Waals surface area (Å²) in [6.45, 7) is 8.09. The molecule has 0 spiro atoms. The number of nitrogens with zero attached hydrogens (tertiary/aromatic N) is 1. The third-order valence-corrected chi connectivity index (χ3v) is 8.93. The highest BCUT2D eigenvalue weighted by Crippen LogP contribution is 2.40. The fourth-order valence-electron chi connectivity index (χ4n) is 5.18. The minimum absolute atomic E-state index is 0.0290. The van der Waals surface area contributed by atoms with Gasteiger partial charge >= 0.3 is 0 Å². The van der Waals surface area contributed by atoms with Crippen molar-refractivity contribution in [2.24, 2.45) is 0 Å². The molecular weight excluding hydrogens is 566 g/mol. The van der Waals surface area contributed by atoms with Crippen molar-refractivity contribution in [1.29, 1.82) is 0 Å². The van der Waals surface area contributed by atoms with Crippen molar-refractivity contribution in [2.75, 3.05) is 12.5 Å². The van der Waals surface area contributed by atoms with E-state index >= 15 is 0 Å². The quantitative estimate of drug-likeness (QED) is 0.262. The second-order valence-corrected chi connectivity index (χ2v) is 12.6. The zero-order valence-corrected chi connectivity index (χ0v) is 25.7. The van der Waals surface area contributed by atoms with Gasteiger partial charge in [0.1, 0.15) is 17.5 Å². The molecule has 3 aromatic rings. The van der Waals surface area contributed by atoms with Gasteiger partial charge in [0.15, 0.2) is 6.10 Å². The number of carbonyl (C=O) groups is 3. The molecule has 1 aliphatic heterocycles. The predicted molar refractivity (Wildman–Crippen MR) is 167 cm³/mol. The first-order chi connectivity index (χ1) is 20.5. The zero-order chi connectivity index (χ0) is 31.1. The molecule has 1 unspecified atom stereocenters. The van der Waals surface area contributed by atoms with Gasteiger partial charge in [-0.1, -0.05) is 48.5 Å². The van der Waals surface area contributed by atoms with E-state index in [0.717, 1.165) is 11.1 Å². The Bertz CT molecular complexity index is 1450. The lowest BCUT2D eigenvalue weighted by Gasteiger charge is -2.33. The van der Waals surface area contributed by atoms with Gasteiger partial charge in [-0.2, -0.15) is 0 Å². The van der Waals surface area contributed by atoms with Gasteiger partial charge in [-0.25, -0.2) is 0 Å². The molecule has 0 aromatic heterocycles. The SMILES string of the molecule is CCOc1cccc(CNC(=O)C2N(C(=O)[C@@H](O)[C@H](Cc3ccccc3)NC(=O)c3cccc(O)c3C)CSC2(C)C)c1. The van der Waals surface area contributed by atoms with Crippen molar-refractivity contribution in [3.8, 4) is 11.5 Å². The molecule has 1 saturated heterocycles. The first-order valence-corrected chi connectivity index (χ1v) is 15.3. The van der Waals surface area contributed by atoms with Crippen LogP contribution in [0.4, 0.5) is 0 Å². The Hall–Kier alpha value is -4.02. The maximum absolute atomic E-state index is 13.9. The fourth-order valence-corrected chi connectivity index (χ4v) is 6.32. The Kier molecular flexibility index (Phi) is 10.4. The van der Waals surface area contributed by atoms with Crippen LogP contribution in [0, 0.1) is 6.92 Å². The molecule has 1 fully saturated rings. The van der Waals surface area contributed by atoms with Crippen LogP contribution in [0.5, 0.6) is 11.5 Å². The number of thioether (sulfide) groups is 1. The van der Waals surface area contributed by atoms with Gasteiger partial charge in [-0.15, -0.1) is 11.8 Å². The van der Waals surface area contributed by atoms with E-state index in [1.165, 1.54) is 22.7 Å². The van der Waals surface area contributed by atoms with Crippen molar-refractivity contribution >= 4 is 29.5 Å². The van der Waals surface area contributed by atoms with Crippen LogP contribution in [0.15, 0.2) is 72.8 Å². The second-order valence-electron chi connectivity index (χ2n) is 11.0. The molecule has 0 radical (unpaired) electrons. The fraction of sp³-hybridized carbons (Fsp3) is 0.364. The van der Waals surface area contributed by atoms with E-state index in [9.17, 15) is 24.6 Å². The first-order valence-electron chi connectivity index (χ1n) is 14.3. The van der Waals surface area contributed by atoms with Crippen molar-refractivity contribution < 1.29 is 29.3 Å². The van der Waals surface area contributed by atoms with E-state index < -0.39 is 34.7 Å². The normalized spacial score (nSPS) is 17.1. The minimum Gasteiger partial charge on any atom is -0.508 e. The number of nitrogens with one attached hydrogen (secondary N) is 2. The maximum atomic E-state index is 13.9. The number of aliphatic hydroxyl groups is 1. The lowest BCUT2D eigenvalue weighted by atomic mass is 9.96. The van der Waals surface area contributed by atoms with Crippen LogP contribution < -0.4 is 15.4 Å². The van der Waals surface area contributed by atoms with Gasteiger partial charge in [0.25, 0.3) is 11.8 Å². The van der Waals surface area contributed by atoms with E-state index in [1.54, 1.807) is 19.1 Å². The highest BCUT2D eigenvalue weighted by Gasteiger charge is 2.49. The first kappa shape index (κ1) is 31.9. The van der Waals surface area contributed by atoms with Crippen LogP contribution in [-0.2, 0) is 22.6 Å². The number of rotatable bonds is 11. The summed E-state index contributed by atoms with van der Waals surface area (Å²) in [7, 11) is 0. The van der Waals surface area contributed by atoms with E-state index in [0.29, 0.717) is 17.9 Å². The molecule has 1 heterocycles. The highest BCUT2D eigenvalue weighted by atomic mass is 32.2. The number of carbonyl (C=O) groups excluding carboxylic acids is 3. The summed E-state index contributed by atoms with van der Waals surface area (Å²) in [5.74, 6) is -0.627. The summed E-state index contributed by atoms with van der Waals surface area (Å²) in [4.78, 5) is 42.1. The molecule has 228 valence electrons. The van der Waals surface area contributed by atoms with Crippen molar-refractivity contribution in [1.82, 2.24) is 15.5 Å². The molecule has 43 heavy (non-hydrogen) atoms. The van der Waals surface area contributed by atoms with Gasteiger partial charge in [-0.3, -0.25) is 14.4 Å². The van der Waals surface area contributed by atoms with Gasteiger partial charge in [-0.05, 0) is 69.5 Å². The molecule has 3 amide bonds. The molecule has 3 aromatic carbocycles. The van der Waals surface area contributed by atoms with E-state index in [4.69, 9.17) is 4.74 Å². The standard InChI is InChI=1S/C33H39N3O6S/c1-5-42-24-14-9-13-23(17-24)19-34-31(40)29-33(3,4)43-20-36(29)32(41)28(38)26(18-22-11-7-6-8-12-22)35-30(39)25-15-10-16-27(37)21(25)2/h6-17,26,28-29,37-38H,5,18-20H2,1-4H3,(H,34,40)(H,35,39)/t26-,28-,29?/m0/s1. The number of phenolic OH excluding ortho intramolecular Hbond substituents is 1. The Balaban J connectivity index is 1.54. The summed E-state index contributed by atoms with van der Waals surface area (Å²) in [5, 5.41) is 27.3. The van der Waals surface area contributed by atoms with Crippen LogP contribution in [-0.4, -0.2) is 68.3 Å². The number of amides is 3. The van der Waals surface area contributed by atoms with Crippen molar-refractivity contribution in [2.45, 2.75) is 63.6 Å². The van der Waals surface area contributed by atoms with Crippen LogP contribution in [0.3, 0.4) is 0 Å². The molecule has 4 N–H and O–H groups in total. The summed E-state index contributed by atoms with van der Waals surface area (Å²) in [5.41, 5.74) is 2.29. The Morgan fingerprint density at radius 3 is 2.47 bits per heavy atom. The lowest BCUT2D eigenvalue weighted by molar-refractivity contribution is -0.147. The Morgan fingerprint density at radius 2 is 1.74 bits per heavy atom. The maximum Gasteiger partial charge on any atom is 0.254 e. The number of hydrogen-bond donors (Lipinski definition) is 4. The van der Waals surface area contributed by atoms with Crippen molar-refractivity contribution in [3.05, 3.63) is 95.1 Å². The van der Waals surface area contributed by atoms with E-state index in [1.807, 2.05) is 75.4 Å². The third kappa shape index (κ3) is 7.69. The topological polar surface area (TPSA) is 128 Å². The van der Waals surface area contributed by atoms with Crippen LogP contribution in [0.1, 0.15) is 47.8 Å². The predicted octanol–water partition coefficient (Wildman–Crippen LogP) is 3.80. The van der Waals surface area contributed by atoms with Gasteiger partial charge in [0, 0.05) is 22.4 Å². The average Bonchev–Trinajstić information content (AvgIpc) is 3.31. The Morgan fingerprint density at radius 1 is 1.05 bits per heavy atom. The summed E-state index contributed by atoms with van der Waals surface area (Å²) >= 11 is 1.45. The number of aromatic hydroxyl groups is 1. The van der Waals surface area contributed by atoms with Gasteiger partial charge in [0.2, 0.25) is 5.91 Å². The summed E-state index contributed by atoms with van der Waals surface area (Å²) < 4.78 is 4.93. The summed E-state index contributed by atoms with van der Waals surface area (Å²) in [6.07, 6.45) is -1.45. The summed E-state index contributed by atoms with van der Waals surface area (Å²) in [6, 6.07) is 19.4. The van der Waals surface area contributed by atoms with Crippen LogP contribution in [0.25, 0.3) is 0 Å². The molecule has 0 bridgehead atoms. The molecular formula is C33H39N3O6S. The molecule has 4 rings (SSSR count). The minimum atomic E-state index is -1.63. The number of phenols is 1. The molecule has 1 aliphatic rings. The van der Waals surface area contributed by atoms with E-state index in [-0.39, 0.29) is 36.1 Å². The largest absolute Gasteiger partial charge is 0.508 e. The van der Waals surface area contributed by atoms with Gasteiger partial charge < -0.3 is 30.5 Å². The van der Waals surface area contributed by atoms with Crippen LogP contribution in [0.2, 0.25) is 0 Å². The molecule has 0 aliphatic carbocycles. The molecule has 10 heteroatoms. The monoisotopic (exact) mass is 605 g/mol. The molecule has 0 saturated carbocycles. The number of benzene rings is 3.